The molecule has 1 aliphatic heterocycles. The molecule has 0 amide bonds. The first kappa shape index (κ1) is 19.6. The van der Waals surface area contributed by atoms with Crippen LogP contribution in [0.2, 0.25) is 0 Å². The van der Waals surface area contributed by atoms with Gasteiger partial charge in [-0.05, 0) is 25.1 Å². The second kappa shape index (κ2) is 8.41. The smallest absolute Gasteiger partial charge is 0.214 e. The highest BCUT2D eigenvalue weighted by Gasteiger charge is 2.34. The van der Waals surface area contributed by atoms with E-state index in [1.807, 2.05) is 24.3 Å². The van der Waals surface area contributed by atoms with Crippen LogP contribution in [0.1, 0.15) is 27.1 Å². The Morgan fingerprint density at radius 3 is 2.45 bits per heavy atom. The average molecular weight is 417 g/mol. The second-order valence-corrected chi connectivity index (χ2v) is 7.65. The summed E-state index contributed by atoms with van der Waals surface area (Å²) in [4.78, 5) is 29.1. The van der Waals surface area contributed by atoms with E-state index >= 15 is 0 Å². The number of morpholine rings is 1. The summed E-state index contributed by atoms with van der Waals surface area (Å²) in [5.41, 5.74) is 2.66. The van der Waals surface area contributed by atoms with Gasteiger partial charge in [0.1, 0.15) is 16.9 Å². The average Bonchev–Trinajstić information content (AvgIpc) is 3.24. The molecule has 8 heteroatoms. The van der Waals surface area contributed by atoms with Crippen molar-refractivity contribution >= 4 is 28.3 Å². The number of para-hydroxylation sites is 1. The standard InChI is InChI=1S/C23H23N5O3/c29-22-16-6-1-2-7-17(16)23(30)21(28-19-9-4-3-8-18(19)25-26-28)20(22)24-10-5-11-27-12-14-31-15-13-27/h1-4,6-9,24H,5,10-15H2. The lowest BCUT2D eigenvalue weighted by molar-refractivity contribution is 0.0375. The molecule has 1 fully saturated rings. The Morgan fingerprint density at radius 1 is 0.935 bits per heavy atom. The second-order valence-electron chi connectivity index (χ2n) is 7.65. The van der Waals surface area contributed by atoms with E-state index in [1.165, 1.54) is 4.68 Å². The zero-order valence-corrected chi connectivity index (χ0v) is 17.1. The zero-order valence-electron chi connectivity index (χ0n) is 17.1. The van der Waals surface area contributed by atoms with E-state index in [-0.39, 0.29) is 23.0 Å². The summed E-state index contributed by atoms with van der Waals surface area (Å²) in [7, 11) is 0. The molecule has 0 unspecified atom stereocenters. The monoisotopic (exact) mass is 417 g/mol. The van der Waals surface area contributed by atoms with Crippen LogP contribution in [-0.2, 0) is 4.74 Å². The zero-order chi connectivity index (χ0) is 21.2. The van der Waals surface area contributed by atoms with E-state index in [9.17, 15) is 9.59 Å². The predicted octanol–water partition coefficient (Wildman–Crippen LogP) is 1.99. The maximum Gasteiger partial charge on any atom is 0.214 e. The number of benzene rings is 2. The molecule has 5 rings (SSSR count). The molecule has 0 spiro atoms. The van der Waals surface area contributed by atoms with Crippen molar-refractivity contribution in [2.45, 2.75) is 6.42 Å². The Kier molecular flexibility index (Phi) is 5.31. The van der Waals surface area contributed by atoms with E-state index in [2.05, 4.69) is 20.5 Å². The highest BCUT2D eigenvalue weighted by atomic mass is 16.5. The fraction of sp³-hybridized carbons (Fsp3) is 0.304. The number of allylic oxidation sites excluding steroid dienone is 2. The number of fused-ring (bicyclic) bond motifs is 2. The van der Waals surface area contributed by atoms with Crippen molar-refractivity contribution in [1.82, 2.24) is 25.2 Å². The number of ketones is 2. The molecule has 31 heavy (non-hydrogen) atoms. The molecular weight excluding hydrogens is 394 g/mol. The van der Waals surface area contributed by atoms with Crippen LogP contribution in [0.3, 0.4) is 0 Å². The molecule has 2 heterocycles. The van der Waals surface area contributed by atoms with Gasteiger partial charge in [0.05, 0.1) is 18.7 Å². The number of hydrogen-bond donors (Lipinski definition) is 1. The van der Waals surface area contributed by atoms with Crippen LogP contribution in [0.4, 0.5) is 0 Å². The summed E-state index contributed by atoms with van der Waals surface area (Å²) in [5.74, 6) is -0.433. The number of carbonyl (C=O) groups is 2. The number of rotatable bonds is 6. The third kappa shape index (κ3) is 3.64. The van der Waals surface area contributed by atoms with Crippen LogP contribution < -0.4 is 5.32 Å². The third-order valence-corrected chi connectivity index (χ3v) is 5.72. The molecule has 2 aliphatic rings. The Morgan fingerprint density at radius 2 is 1.65 bits per heavy atom. The lowest BCUT2D eigenvalue weighted by Crippen LogP contribution is -2.38. The minimum absolute atomic E-state index is 0.198. The van der Waals surface area contributed by atoms with E-state index in [1.54, 1.807) is 24.3 Å². The summed E-state index contributed by atoms with van der Waals surface area (Å²) in [6.45, 7) is 4.83. The van der Waals surface area contributed by atoms with Gasteiger partial charge in [-0.25, -0.2) is 4.68 Å². The van der Waals surface area contributed by atoms with Gasteiger partial charge < -0.3 is 10.1 Å². The van der Waals surface area contributed by atoms with Crippen molar-refractivity contribution in [1.29, 1.82) is 0 Å². The number of carbonyl (C=O) groups excluding carboxylic acids is 2. The van der Waals surface area contributed by atoms with Crippen molar-refractivity contribution in [3.63, 3.8) is 0 Å². The van der Waals surface area contributed by atoms with Crippen molar-refractivity contribution in [3.8, 4) is 0 Å². The predicted molar refractivity (Wildman–Crippen MR) is 116 cm³/mol. The molecule has 1 saturated heterocycles. The summed E-state index contributed by atoms with van der Waals surface area (Å²) in [6.07, 6.45) is 0.845. The number of hydrogen-bond acceptors (Lipinski definition) is 7. The summed E-state index contributed by atoms with van der Waals surface area (Å²) in [5, 5.41) is 11.6. The van der Waals surface area contributed by atoms with Gasteiger partial charge in [-0.15, -0.1) is 5.10 Å². The van der Waals surface area contributed by atoms with Gasteiger partial charge in [0.25, 0.3) is 0 Å². The molecule has 0 bridgehead atoms. The normalized spacial score (nSPS) is 17.3. The molecule has 1 aliphatic carbocycles. The molecule has 3 aromatic rings. The lowest BCUT2D eigenvalue weighted by Gasteiger charge is -2.27. The van der Waals surface area contributed by atoms with Gasteiger partial charge in [0.15, 0.2) is 0 Å². The molecular formula is C23H23N5O3. The van der Waals surface area contributed by atoms with Crippen LogP contribution in [-0.4, -0.2) is 70.9 Å². The number of Topliss-reactive ketones (excluding diaryl/α,β-unsaturated/α-hetero) is 2. The third-order valence-electron chi connectivity index (χ3n) is 5.72. The first-order valence-corrected chi connectivity index (χ1v) is 10.5. The van der Waals surface area contributed by atoms with E-state index in [0.29, 0.717) is 28.7 Å². The minimum atomic E-state index is -0.235. The van der Waals surface area contributed by atoms with Crippen LogP contribution in [0, 0.1) is 0 Å². The van der Waals surface area contributed by atoms with Crippen molar-refractivity contribution in [2.24, 2.45) is 0 Å². The van der Waals surface area contributed by atoms with Crippen LogP contribution in [0.15, 0.2) is 54.2 Å². The Balaban J connectivity index is 1.47. The van der Waals surface area contributed by atoms with Crippen LogP contribution >= 0.6 is 0 Å². The molecule has 0 radical (unpaired) electrons. The topological polar surface area (TPSA) is 89.3 Å². The summed E-state index contributed by atoms with van der Waals surface area (Å²) >= 11 is 0. The maximum atomic E-state index is 13.4. The molecule has 158 valence electrons. The van der Waals surface area contributed by atoms with Crippen LogP contribution in [0.5, 0.6) is 0 Å². The SMILES string of the molecule is O=C1C(NCCCN2CCOCC2)=C(n2nnc3ccccc32)C(=O)c2ccccc21. The number of nitrogens with zero attached hydrogens (tertiary/aromatic N) is 4. The molecule has 0 saturated carbocycles. The highest BCUT2D eigenvalue weighted by Crippen LogP contribution is 2.29. The number of aromatic nitrogens is 3. The van der Waals surface area contributed by atoms with Gasteiger partial charge in [0.2, 0.25) is 11.6 Å². The maximum absolute atomic E-state index is 13.4. The van der Waals surface area contributed by atoms with E-state index in [4.69, 9.17) is 4.74 Å². The molecule has 0 atom stereocenters. The largest absolute Gasteiger partial charge is 0.380 e. The quantitative estimate of drug-likeness (QED) is 0.614. The number of nitrogens with one attached hydrogen (secondary N) is 1. The molecule has 8 nitrogen and oxygen atoms in total. The Labute approximate surface area is 179 Å². The molecule has 1 N–H and O–H groups in total. The van der Waals surface area contributed by atoms with E-state index in [0.717, 1.165) is 39.3 Å². The van der Waals surface area contributed by atoms with Gasteiger partial charge >= 0.3 is 0 Å². The summed E-state index contributed by atoms with van der Waals surface area (Å²) in [6, 6.07) is 14.3. The van der Waals surface area contributed by atoms with Gasteiger partial charge in [-0.2, -0.15) is 0 Å². The van der Waals surface area contributed by atoms with Gasteiger partial charge in [-0.1, -0.05) is 41.6 Å². The van der Waals surface area contributed by atoms with Crippen molar-refractivity contribution in [3.05, 3.63) is 65.4 Å². The van der Waals surface area contributed by atoms with Crippen molar-refractivity contribution in [2.75, 3.05) is 39.4 Å². The number of ether oxygens (including phenoxy) is 1. The fourth-order valence-electron chi connectivity index (χ4n) is 4.10. The molecule has 1 aromatic heterocycles. The van der Waals surface area contributed by atoms with Gasteiger partial charge in [-0.3, -0.25) is 14.5 Å². The minimum Gasteiger partial charge on any atom is -0.380 e. The summed E-state index contributed by atoms with van der Waals surface area (Å²) < 4.78 is 6.87. The Hall–Kier alpha value is -3.36. The lowest BCUT2D eigenvalue weighted by atomic mass is 9.90. The highest BCUT2D eigenvalue weighted by molar-refractivity contribution is 6.37. The first-order valence-electron chi connectivity index (χ1n) is 10.5. The molecule has 2 aromatic carbocycles. The van der Waals surface area contributed by atoms with E-state index < -0.39 is 0 Å². The first-order chi connectivity index (χ1) is 15.2. The van der Waals surface area contributed by atoms with Crippen molar-refractivity contribution < 1.29 is 14.3 Å². The fourth-order valence-corrected chi connectivity index (χ4v) is 4.10. The Bertz CT molecular complexity index is 1180. The van der Waals surface area contributed by atoms with Gasteiger partial charge in [0, 0.05) is 30.8 Å². The van der Waals surface area contributed by atoms with Crippen LogP contribution in [0.25, 0.3) is 16.7 Å².